The van der Waals surface area contributed by atoms with Crippen LogP contribution in [-0.4, -0.2) is 64.3 Å². The van der Waals surface area contributed by atoms with Gasteiger partial charge in [-0.05, 0) is 43.7 Å². The number of carbonyl (C=O) groups excluding carboxylic acids is 3. The maximum absolute atomic E-state index is 13.6. The second kappa shape index (κ2) is 11.6. The summed E-state index contributed by atoms with van der Waals surface area (Å²) in [5, 5.41) is 13.3. The number of aliphatic carboxylic acids is 1. The molecule has 0 saturated heterocycles. The minimum Gasteiger partial charge on any atom is -0.497 e. The van der Waals surface area contributed by atoms with E-state index < -0.39 is 30.2 Å². The van der Waals surface area contributed by atoms with E-state index in [0.717, 1.165) is 56.3 Å². The molecule has 1 atom stereocenters. The number of hydrogen-bond donors (Lipinski definition) is 3. The summed E-state index contributed by atoms with van der Waals surface area (Å²) in [7, 11) is 1.53. The SMILES string of the molecule is COc1ccc2c(C(=O)C(=O)N(CC(=O)O)[C@H](C(=O)NC3CCCCC3)C3CCCCC3)c[nH]c2c1. The third-order valence-corrected chi connectivity index (χ3v) is 7.55. The first kappa shape index (κ1) is 25.7. The van der Waals surface area contributed by atoms with Crippen molar-refractivity contribution in [2.75, 3.05) is 13.7 Å². The lowest BCUT2D eigenvalue weighted by Crippen LogP contribution is -2.58. The van der Waals surface area contributed by atoms with E-state index in [4.69, 9.17) is 4.74 Å². The quantitative estimate of drug-likeness (QED) is 0.358. The van der Waals surface area contributed by atoms with Crippen LogP contribution in [0.1, 0.15) is 74.6 Å². The number of ketones is 1. The number of H-pyrrole nitrogens is 1. The van der Waals surface area contributed by atoms with Crippen molar-refractivity contribution < 1.29 is 29.0 Å². The largest absolute Gasteiger partial charge is 0.497 e. The summed E-state index contributed by atoms with van der Waals surface area (Å²) < 4.78 is 5.22. The molecule has 1 aromatic carbocycles. The molecule has 0 bridgehead atoms. The normalized spacial score (nSPS) is 17.9. The monoisotopic (exact) mass is 497 g/mol. The number of benzene rings is 1. The number of aromatic nitrogens is 1. The van der Waals surface area contributed by atoms with E-state index in [9.17, 15) is 24.3 Å². The van der Waals surface area contributed by atoms with E-state index in [1.54, 1.807) is 18.2 Å². The van der Waals surface area contributed by atoms with Crippen LogP contribution < -0.4 is 10.1 Å². The summed E-state index contributed by atoms with van der Waals surface area (Å²) in [5.41, 5.74) is 0.761. The average Bonchev–Trinajstić information content (AvgIpc) is 3.31. The number of rotatable bonds is 9. The fraction of sp³-hybridized carbons (Fsp3) is 0.556. The van der Waals surface area contributed by atoms with Crippen LogP contribution in [0.25, 0.3) is 10.9 Å². The van der Waals surface area contributed by atoms with E-state index in [2.05, 4.69) is 10.3 Å². The second-order valence-corrected chi connectivity index (χ2v) is 9.96. The van der Waals surface area contributed by atoms with Crippen LogP contribution in [0.3, 0.4) is 0 Å². The minimum atomic E-state index is -1.26. The van der Waals surface area contributed by atoms with Crippen molar-refractivity contribution in [1.82, 2.24) is 15.2 Å². The lowest BCUT2D eigenvalue weighted by Gasteiger charge is -2.38. The van der Waals surface area contributed by atoms with Gasteiger partial charge in [-0.3, -0.25) is 19.2 Å². The molecule has 0 spiro atoms. The number of Topliss-reactive ketones (excluding diaryl/α,β-unsaturated/α-hetero) is 1. The Kier molecular flexibility index (Phi) is 8.28. The number of amides is 2. The van der Waals surface area contributed by atoms with Crippen LogP contribution in [0.5, 0.6) is 5.75 Å². The Labute approximate surface area is 210 Å². The van der Waals surface area contributed by atoms with Gasteiger partial charge in [-0.2, -0.15) is 0 Å². The van der Waals surface area contributed by atoms with Crippen molar-refractivity contribution in [3.8, 4) is 5.75 Å². The van der Waals surface area contributed by atoms with Crippen LogP contribution in [0.4, 0.5) is 0 Å². The molecule has 4 rings (SSSR count). The Bertz CT molecular complexity index is 1110. The first-order valence-electron chi connectivity index (χ1n) is 12.9. The lowest BCUT2D eigenvalue weighted by molar-refractivity contribution is -0.148. The van der Waals surface area contributed by atoms with Gasteiger partial charge in [-0.15, -0.1) is 0 Å². The lowest BCUT2D eigenvalue weighted by atomic mass is 9.82. The molecular weight excluding hydrogens is 462 g/mol. The number of nitrogens with zero attached hydrogens (tertiary/aromatic N) is 1. The van der Waals surface area contributed by atoms with E-state index in [-0.39, 0.29) is 23.4 Å². The smallest absolute Gasteiger partial charge is 0.323 e. The first-order chi connectivity index (χ1) is 17.4. The summed E-state index contributed by atoms with van der Waals surface area (Å²) >= 11 is 0. The zero-order valence-electron chi connectivity index (χ0n) is 20.8. The predicted molar refractivity (Wildman–Crippen MR) is 134 cm³/mol. The summed E-state index contributed by atoms with van der Waals surface area (Å²) in [4.78, 5) is 56.5. The van der Waals surface area contributed by atoms with Gasteiger partial charge in [-0.1, -0.05) is 38.5 Å². The fourth-order valence-corrected chi connectivity index (χ4v) is 5.70. The van der Waals surface area contributed by atoms with Crippen LogP contribution in [0.2, 0.25) is 0 Å². The molecule has 0 unspecified atom stereocenters. The molecule has 1 heterocycles. The Morgan fingerprint density at radius 1 is 1.06 bits per heavy atom. The molecule has 9 heteroatoms. The van der Waals surface area contributed by atoms with Gasteiger partial charge in [0.25, 0.3) is 11.7 Å². The van der Waals surface area contributed by atoms with Crippen molar-refractivity contribution in [3.63, 3.8) is 0 Å². The molecule has 2 saturated carbocycles. The summed E-state index contributed by atoms with van der Waals surface area (Å²) in [6.07, 6.45) is 10.7. The number of carboxylic acids is 1. The van der Waals surface area contributed by atoms with Gasteiger partial charge < -0.3 is 25.0 Å². The molecule has 9 nitrogen and oxygen atoms in total. The van der Waals surface area contributed by atoms with Crippen LogP contribution in [0, 0.1) is 5.92 Å². The van der Waals surface area contributed by atoms with Crippen LogP contribution >= 0.6 is 0 Å². The molecule has 194 valence electrons. The highest BCUT2D eigenvalue weighted by molar-refractivity contribution is 6.45. The third kappa shape index (κ3) is 5.71. The van der Waals surface area contributed by atoms with E-state index in [0.29, 0.717) is 29.5 Å². The number of fused-ring (bicyclic) bond motifs is 1. The van der Waals surface area contributed by atoms with Crippen molar-refractivity contribution in [2.24, 2.45) is 5.92 Å². The zero-order valence-corrected chi connectivity index (χ0v) is 20.8. The molecule has 2 aromatic rings. The number of ether oxygens (including phenoxy) is 1. The Hall–Kier alpha value is -3.36. The van der Waals surface area contributed by atoms with Crippen LogP contribution in [-0.2, 0) is 14.4 Å². The zero-order chi connectivity index (χ0) is 25.7. The van der Waals surface area contributed by atoms with Gasteiger partial charge >= 0.3 is 5.97 Å². The minimum absolute atomic E-state index is 0.0124. The highest BCUT2D eigenvalue weighted by atomic mass is 16.5. The molecule has 2 aliphatic carbocycles. The number of nitrogens with one attached hydrogen (secondary N) is 2. The van der Waals surface area contributed by atoms with Crippen molar-refractivity contribution in [2.45, 2.75) is 76.3 Å². The molecule has 0 radical (unpaired) electrons. The van der Waals surface area contributed by atoms with E-state index in [1.165, 1.54) is 13.3 Å². The number of carbonyl (C=O) groups is 4. The second-order valence-electron chi connectivity index (χ2n) is 9.96. The topological polar surface area (TPSA) is 129 Å². The van der Waals surface area contributed by atoms with Crippen molar-refractivity contribution in [1.29, 1.82) is 0 Å². The highest BCUT2D eigenvalue weighted by Gasteiger charge is 2.41. The molecule has 2 aliphatic rings. The highest BCUT2D eigenvalue weighted by Crippen LogP contribution is 2.31. The van der Waals surface area contributed by atoms with Gasteiger partial charge in [0.05, 0.1) is 12.7 Å². The number of methoxy groups -OCH3 is 1. The van der Waals surface area contributed by atoms with Gasteiger partial charge in [0.15, 0.2) is 0 Å². The molecule has 36 heavy (non-hydrogen) atoms. The van der Waals surface area contributed by atoms with Gasteiger partial charge in [0, 0.05) is 29.2 Å². The summed E-state index contributed by atoms with van der Waals surface area (Å²) in [6, 6.07) is 4.10. The molecule has 2 amide bonds. The predicted octanol–water partition coefficient (Wildman–Crippen LogP) is 3.67. The molecular formula is C27H35N3O6. The number of aromatic amines is 1. The maximum Gasteiger partial charge on any atom is 0.323 e. The number of hydrogen-bond acceptors (Lipinski definition) is 5. The van der Waals surface area contributed by atoms with Gasteiger partial charge in [0.1, 0.15) is 18.3 Å². The van der Waals surface area contributed by atoms with E-state index in [1.807, 2.05) is 0 Å². The summed E-state index contributed by atoms with van der Waals surface area (Å²) in [6.45, 7) is -0.708. The third-order valence-electron chi connectivity index (χ3n) is 7.55. The molecule has 3 N–H and O–H groups in total. The Morgan fingerprint density at radius 3 is 2.36 bits per heavy atom. The van der Waals surface area contributed by atoms with Crippen molar-refractivity contribution >= 4 is 34.5 Å². The number of carboxylic acid groups (broad SMARTS) is 1. The van der Waals surface area contributed by atoms with Gasteiger partial charge in [0.2, 0.25) is 5.91 Å². The maximum atomic E-state index is 13.6. The fourth-order valence-electron chi connectivity index (χ4n) is 5.70. The van der Waals surface area contributed by atoms with Gasteiger partial charge in [-0.25, -0.2) is 0 Å². The average molecular weight is 498 g/mol. The van der Waals surface area contributed by atoms with Crippen LogP contribution in [0.15, 0.2) is 24.4 Å². The van der Waals surface area contributed by atoms with Crippen molar-refractivity contribution in [3.05, 3.63) is 30.0 Å². The molecule has 0 aliphatic heterocycles. The standard InChI is InChI=1S/C27H35N3O6/c1-36-19-12-13-20-21(15-28-22(20)14-19)25(33)27(35)30(16-23(31)32)24(17-8-4-2-5-9-17)26(34)29-18-10-6-3-7-11-18/h12-15,17-18,24,28H,2-11,16H2,1H3,(H,29,34)(H,31,32)/t24-/m0/s1. The Balaban J connectivity index is 1.65. The Morgan fingerprint density at radius 2 is 1.72 bits per heavy atom. The van der Waals surface area contributed by atoms with E-state index >= 15 is 0 Å². The molecule has 2 fully saturated rings. The first-order valence-corrected chi connectivity index (χ1v) is 12.9. The summed E-state index contributed by atoms with van der Waals surface area (Å²) in [5.74, 6) is -3.00. The molecule has 1 aromatic heterocycles.